The van der Waals surface area contributed by atoms with E-state index in [-0.39, 0.29) is 23.4 Å². The molecule has 0 bridgehead atoms. The fraction of sp³-hybridized carbons (Fsp3) is 0.208. The van der Waals surface area contributed by atoms with Crippen molar-refractivity contribution in [2.45, 2.75) is 32.2 Å². The lowest BCUT2D eigenvalue weighted by molar-refractivity contribution is -0.121. The van der Waals surface area contributed by atoms with Gasteiger partial charge in [-0.25, -0.2) is 4.68 Å². The lowest BCUT2D eigenvalue weighted by Gasteiger charge is -2.33. The van der Waals surface area contributed by atoms with Gasteiger partial charge in [-0.2, -0.15) is 10.4 Å². The van der Waals surface area contributed by atoms with Crippen molar-refractivity contribution in [3.63, 3.8) is 0 Å². The van der Waals surface area contributed by atoms with Crippen LogP contribution in [0.4, 0.5) is 5.69 Å². The van der Waals surface area contributed by atoms with Crippen molar-refractivity contribution in [2.75, 3.05) is 4.90 Å². The Labute approximate surface area is 180 Å². The molecule has 1 atom stereocenters. The molecule has 1 amide bonds. The number of hydrogen-bond acceptors (Lipinski definition) is 5. The van der Waals surface area contributed by atoms with Gasteiger partial charge in [-0.05, 0) is 39.0 Å². The third-order valence-corrected chi connectivity index (χ3v) is 5.96. The normalized spacial score (nSPS) is 19.5. The number of aromatic nitrogens is 2. The summed E-state index contributed by atoms with van der Waals surface area (Å²) in [4.78, 5) is 15.9. The molecule has 0 aliphatic carbocycles. The number of para-hydroxylation sites is 2. The number of ether oxygens (including phenoxy) is 1. The zero-order chi connectivity index (χ0) is 21.9. The molecule has 1 aromatic heterocycles. The van der Waals surface area contributed by atoms with E-state index in [2.05, 4.69) is 6.07 Å². The number of amides is 1. The first-order valence-corrected chi connectivity index (χ1v) is 10.1. The number of carbonyl (C=O) groups is 1. The summed E-state index contributed by atoms with van der Waals surface area (Å²) in [6.45, 7) is 5.73. The molecule has 7 heteroatoms. The highest BCUT2D eigenvalue weighted by atomic mass is 16.5. The van der Waals surface area contributed by atoms with Crippen LogP contribution < -0.4 is 15.4 Å². The summed E-state index contributed by atoms with van der Waals surface area (Å²) in [6.07, 6.45) is 0. The largest absolute Gasteiger partial charge is 0.422 e. The first-order chi connectivity index (χ1) is 14.9. The maximum Gasteiger partial charge on any atom is 0.248 e. The predicted molar refractivity (Wildman–Crippen MR) is 116 cm³/mol. The number of benzene rings is 2. The molecular weight excluding hydrogens is 390 g/mol. The van der Waals surface area contributed by atoms with E-state index in [0.29, 0.717) is 22.7 Å². The van der Waals surface area contributed by atoms with E-state index in [1.54, 1.807) is 9.58 Å². The van der Waals surface area contributed by atoms with Gasteiger partial charge in [0.1, 0.15) is 17.1 Å². The summed E-state index contributed by atoms with van der Waals surface area (Å²) in [7, 11) is 0. The number of aryl methyl sites for hydroxylation is 1. The number of fused-ring (bicyclic) bond motifs is 4. The number of nitriles is 1. The van der Waals surface area contributed by atoms with Crippen LogP contribution in [-0.2, 0) is 10.2 Å². The molecule has 7 nitrogen and oxygen atoms in total. The second-order valence-electron chi connectivity index (χ2n) is 8.00. The van der Waals surface area contributed by atoms with Crippen molar-refractivity contribution in [3.8, 4) is 17.6 Å². The van der Waals surface area contributed by atoms with Gasteiger partial charge in [0, 0.05) is 17.3 Å². The van der Waals surface area contributed by atoms with Crippen LogP contribution >= 0.6 is 0 Å². The molecule has 2 aliphatic heterocycles. The standard InChI is InChI=1S/C24H21N5O2/c1-14(2)28-19-12-8-7-11-17(19)24(23(28)30)18(13-25)21(26)31-22-20(24)15(3)27-29(22)16-9-5-4-6-10-16/h4-12,14H,26H2,1-3H3/t24-/m0/s1. The van der Waals surface area contributed by atoms with Gasteiger partial charge in [0.05, 0.1) is 16.9 Å². The number of rotatable bonds is 2. The zero-order valence-corrected chi connectivity index (χ0v) is 17.5. The molecule has 2 aliphatic rings. The molecule has 0 radical (unpaired) electrons. The Kier molecular flexibility index (Phi) is 3.96. The minimum absolute atomic E-state index is 0.0826. The van der Waals surface area contributed by atoms with Gasteiger partial charge in [-0.15, -0.1) is 0 Å². The molecule has 3 heterocycles. The molecule has 0 fully saturated rings. The molecule has 2 aromatic carbocycles. The monoisotopic (exact) mass is 411 g/mol. The van der Waals surface area contributed by atoms with Crippen LogP contribution in [0.5, 0.6) is 5.88 Å². The first-order valence-electron chi connectivity index (χ1n) is 10.1. The van der Waals surface area contributed by atoms with Crippen molar-refractivity contribution in [1.29, 1.82) is 5.26 Å². The topological polar surface area (TPSA) is 97.2 Å². The van der Waals surface area contributed by atoms with Gasteiger partial charge in [-0.3, -0.25) is 4.79 Å². The van der Waals surface area contributed by atoms with Crippen molar-refractivity contribution < 1.29 is 9.53 Å². The van der Waals surface area contributed by atoms with Crippen molar-refractivity contribution >= 4 is 11.6 Å². The lowest BCUT2D eigenvalue weighted by atomic mass is 9.69. The summed E-state index contributed by atoms with van der Waals surface area (Å²) in [6, 6.07) is 19.1. The molecule has 3 aromatic rings. The quantitative estimate of drug-likeness (QED) is 0.698. The van der Waals surface area contributed by atoms with E-state index in [4.69, 9.17) is 15.6 Å². The second-order valence-corrected chi connectivity index (χ2v) is 8.00. The second kappa shape index (κ2) is 6.47. The van der Waals surface area contributed by atoms with Crippen LogP contribution in [-0.4, -0.2) is 21.7 Å². The molecule has 1 spiro atoms. The molecule has 0 saturated carbocycles. The number of anilines is 1. The molecule has 154 valence electrons. The van der Waals surface area contributed by atoms with E-state index < -0.39 is 5.41 Å². The van der Waals surface area contributed by atoms with Gasteiger partial charge >= 0.3 is 0 Å². The molecule has 5 rings (SSSR count). The SMILES string of the molecule is Cc1nn(-c2ccccc2)c2c1[C@@]1(C(=O)N(C(C)C)c3ccccc31)C(C#N)=C(N)O2. The maximum atomic E-state index is 14.1. The van der Waals surface area contributed by atoms with Gasteiger partial charge in [0.25, 0.3) is 0 Å². The van der Waals surface area contributed by atoms with E-state index >= 15 is 0 Å². The van der Waals surface area contributed by atoms with Crippen LogP contribution in [0.1, 0.15) is 30.7 Å². The fourth-order valence-electron chi connectivity index (χ4n) is 4.78. The van der Waals surface area contributed by atoms with Crippen LogP contribution in [0.2, 0.25) is 0 Å². The summed E-state index contributed by atoms with van der Waals surface area (Å²) in [5.41, 5.74) is 8.39. The van der Waals surface area contributed by atoms with Crippen molar-refractivity contribution in [1.82, 2.24) is 9.78 Å². The molecule has 0 unspecified atom stereocenters. The van der Waals surface area contributed by atoms with E-state index in [0.717, 1.165) is 11.4 Å². The van der Waals surface area contributed by atoms with Gasteiger partial charge < -0.3 is 15.4 Å². The summed E-state index contributed by atoms with van der Waals surface area (Å²) < 4.78 is 7.59. The maximum absolute atomic E-state index is 14.1. The number of nitrogens with two attached hydrogens (primary N) is 1. The Morgan fingerprint density at radius 1 is 1.13 bits per heavy atom. The van der Waals surface area contributed by atoms with Crippen LogP contribution in [0.15, 0.2) is 66.1 Å². The number of carbonyl (C=O) groups excluding carboxylic acids is 1. The van der Waals surface area contributed by atoms with Crippen LogP contribution in [0, 0.1) is 18.3 Å². The Balaban J connectivity index is 1.91. The van der Waals surface area contributed by atoms with Crippen LogP contribution in [0.25, 0.3) is 5.69 Å². The van der Waals surface area contributed by atoms with E-state index in [9.17, 15) is 10.1 Å². The Hall–Kier alpha value is -4.05. The Morgan fingerprint density at radius 3 is 2.48 bits per heavy atom. The lowest BCUT2D eigenvalue weighted by Crippen LogP contribution is -2.48. The zero-order valence-electron chi connectivity index (χ0n) is 17.5. The fourth-order valence-corrected chi connectivity index (χ4v) is 4.78. The van der Waals surface area contributed by atoms with Gasteiger partial charge in [0.2, 0.25) is 17.7 Å². The molecule has 0 saturated heterocycles. The van der Waals surface area contributed by atoms with Crippen LogP contribution in [0.3, 0.4) is 0 Å². The minimum atomic E-state index is -1.40. The van der Waals surface area contributed by atoms with Crippen molar-refractivity contribution in [3.05, 3.63) is 82.9 Å². The van der Waals surface area contributed by atoms with Gasteiger partial charge in [0.15, 0.2) is 0 Å². The Morgan fingerprint density at radius 2 is 1.81 bits per heavy atom. The predicted octanol–water partition coefficient (Wildman–Crippen LogP) is 3.31. The third-order valence-electron chi connectivity index (χ3n) is 5.96. The summed E-state index contributed by atoms with van der Waals surface area (Å²) in [5.74, 6) is 0.0539. The minimum Gasteiger partial charge on any atom is -0.422 e. The van der Waals surface area contributed by atoms with E-state index in [1.165, 1.54) is 0 Å². The number of hydrogen-bond donors (Lipinski definition) is 1. The summed E-state index contributed by atoms with van der Waals surface area (Å²) in [5, 5.41) is 14.8. The van der Waals surface area contributed by atoms with Crippen molar-refractivity contribution in [2.24, 2.45) is 5.73 Å². The molecule has 31 heavy (non-hydrogen) atoms. The van der Waals surface area contributed by atoms with Gasteiger partial charge in [-0.1, -0.05) is 36.4 Å². The molecular formula is C24H21N5O2. The average molecular weight is 411 g/mol. The highest BCUT2D eigenvalue weighted by Gasteiger charge is 2.61. The number of nitrogens with zero attached hydrogens (tertiary/aromatic N) is 4. The summed E-state index contributed by atoms with van der Waals surface area (Å²) >= 11 is 0. The highest BCUT2D eigenvalue weighted by Crippen LogP contribution is 2.56. The third kappa shape index (κ3) is 2.27. The highest BCUT2D eigenvalue weighted by molar-refractivity contribution is 6.14. The smallest absolute Gasteiger partial charge is 0.248 e. The molecule has 2 N–H and O–H groups in total. The average Bonchev–Trinajstić information content (AvgIpc) is 3.22. The first kappa shape index (κ1) is 18.9. The van der Waals surface area contributed by atoms with E-state index in [1.807, 2.05) is 75.4 Å². The Bertz CT molecular complexity index is 1300.